The third-order valence-electron chi connectivity index (χ3n) is 3.26. The Balaban J connectivity index is 2.26. The second-order valence-corrected chi connectivity index (χ2v) is 6.52. The van der Waals surface area contributed by atoms with Crippen LogP contribution in [0.15, 0.2) is 23.1 Å². The van der Waals surface area contributed by atoms with E-state index in [2.05, 4.69) is 4.72 Å². The normalized spacial score (nSPS) is 17.2. The molecule has 1 N–H and O–H groups in total. The van der Waals surface area contributed by atoms with E-state index in [0.717, 1.165) is 12.8 Å². The lowest BCUT2D eigenvalue weighted by Gasteiger charge is -2.14. The van der Waals surface area contributed by atoms with Gasteiger partial charge in [0.05, 0.1) is 16.5 Å². The minimum atomic E-state index is -3.48. The van der Waals surface area contributed by atoms with Crippen molar-refractivity contribution in [3.63, 3.8) is 0 Å². The van der Waals surface area contributed by atoms with Gasteiger partial charge in [-0.3, -0.25) is 0 Å². The first-order chi connectivity index (χ1) is 8.44. The Hall–Kier alpha value is -1.38. The van der Waals surface area contributed by atoms with Gasteiger partial charge in [-0.15, -0.1) is 0 Å². The molecule has 2 rings (SSSR count). The van der Waals surface area contributed by atoms with Gasteiger partial charge in [0, 0.05) is 6.04 Å². The summed E-state index contributed by atoms with van der Waals surface area (Å²) >= 11 is 0. The Morgan fingerprint density at radius 2 is 2.11 bits per heavy atom. The highest BCUT2D eigenvalue weighted by Crippen LogP contribution is 2.33. The van der Waals surface area contributed by atoms with Crippen LogP contribution in [0, 0.1) is 24.2 Å². The van der Waals surface area contributed by atoms with Crippen LogP contribution in [-0.2, 0) is 10.0 Å². The van der Waals surface area contributed by atoms with Crippen molar-refractivity contribution < 1.29 is 8.42 Å². The molecule has 0 bridgehead atoms. The maximum absolute atomic E-state index is 12.2. The minimum Gasteiger partial charge on any atom is -0.208 e. The van der Waals surface area contributed by atoms with Gasteiger partial charge in [-0.2, -0.15) is 5.26 Å². The Morgan fingerprint density at radius 1 is 1.44 bits per heavy atom. The summed E-state index contributed by atoms with van der Waals surface area (Å²) in [6.07, 6.45) is 2.19. The first-order valence-corrected chi connectivity index (χ1v) is 7.45. The van der Waals surface area contributed by atoms with Crippen molar-refractivity contribution in [2.45, 2.75) is 37.6 Å². The third-order valence-corrected chi connectivity index (χ3v) is 4.98. The van der Waals surface area contributed by atoms with Gasteiger partial charge in [-0.25, -0.2) is 13.1 Å². The summed E-state index contributed by atoms with van der Waals surface area (Å²) in [7, 11) is -3.48. The molecule has 1 fully saturated rings. The molecule has 0 spiro atoms. The van der Waals surface area contributed by atoms with Crippen molar-refractivity contribution in [1.82, 2.24) is 4.72 Å². The molecule has 1 saturated carbocycles. The lowest BCUT2D eigenvalue weighted by atomic mass is 10.2. The Morgan fingerprint density at radius 3 is 2.61 bits per heavy atom. The van der Waals surface area contributed by atoms with E-state index < -0.39 is 10.0 Å². The van der Waals surface area contributed by atoms with E-state index in [0.29, 0.717) is 17.0 Å². The third kappa shape index (κ3) is 2.71. The average Bonchev–Trinajstić information content (AvgIpc) is 3.11. The van der Waals surface area contributed by atoms with Gasteiger partial charge in [-0.1, -0.05) is 0 Å². The first-order valence-electron chi connectivity index (χ1n) is 5.97. The van der Waals surface area contributed by atoms with Crippen molar-refractivity contribution in [3.8, 4) is 6.07 Å². The number of rotatable bonds is 4. The monoisotopic (exact) mass is 264 g/mol. The zero-order chi connectivity index (χ0) is 13.3. The molecule has 0 aliphatic heterocycles. The summed E-state index contributed by atoms with van der Waals surface area (Å²) in [6, 6.07) is 6.60. The van der Waals surface area contributed by atoms with Gasteiger partial charge in [0.15, 0.2) is 0 Å². The Kier molecular flexibility index (Phi) is 3.42. The van der Waals surface area contributed by atoms with Crippen LogP contribution in [0.25, 0.3) is 0 Å². The Bertz CT molecular complexity index is 598. The van der Waals surface area contributed by atoms with Crippen LogP contribution in [-0.4, -0.2) is 14.5 Å². The van der Waals surface area contributed by atoms with Crippen LogP contribution in [0.1, 0.15) is 30.9 Å². The van der Waals surface area contributed by atoms with E-state index in [4.69, 9.17) is 5.26 Å². The second kappa shape index (κ2) is 4.71. The zero-order valence-electron chi connectivity index (χ0n) is 10.5. The molecule has 1 aliphatic carbocycles. The molecule has 1 unspecified atom stereocenters. The molecule has 5 heteroatoms. The number of nitriles is 1. The predicted octanol–water partition coefficient (Wildman–Crippen LogP) is 1.94. The summed E-state index contributed by atoms with van der Waals surface area (Å²) in [5.41, 5.74) is 1.08. The molecule has 1 atom stereocenters. The van der Waals surface area contributed by atoms with E-state index in [9.17, 15) is 8.42 Å². The maximum Gasteiger partial charge on any atom is 0.241 e. The average molecular weight is 264 g/mol. The lowest BCUT2D eigenvalue weighted by molar-refractivity contribution is 0.537. The van der Waals surface area contributed by atoms with E-state index >= 15 is 0 Å². The molecule has 4 nitrogen and oxygen atoms in total. The first kappa shape index (κ1) is 13.1. The fourth-order valence-corrected chi connectivity index (χ4v) is 3.56. The molecule has 0 aromatic heterocycles. The minimum absolute atomic E-state index is 0.0231. The summed E-state index contributed by atoms with van der Waals surface area (Å²) < 4.78 is 27.1. The number of sulfonamides is 1. The second-order valence-electron chi connectivity index (χ2n) is 4.84. The van der Waals surface area contributed by atoms with E-state index in [1.807, 2.05) is 13.0 Å². The fourth-order valence-electron chi connectivity index (χ4n) is 2.02. The highest BCUT2D eigenvalue weighted by Gasteiger charge is 2.31. The zero-order valence-corrected chi connectivity index (χ0v) is 11.3. The summed E-state index contributed by atoms with van der Waals surface area (Å²) in [6.45, 7) is 3.60. The molecular weight excluding hydrogens is 248 g/mol. The largest absolute Gasteiger partial charge is 0.241 e. The van der Waals surface area contributed by atoms with E-state index in [1.165, 1.54) is 12.1 Å². The van der Waals surface area contributed by atoms with Gasteiger partial charge in [0.25, 0.3) is 0 Å². The summed E-state index contributed by atoms with van der Waals surface area (Å²) in [5, 5.41) is 8.77. The Labute approximate surface area is 108 Å². The molecule has 1 aromatic carbocycles. The number of benzene rings is 1. The lowest BCUT2D eigenvalue weighted by Crippen LogP contribution is -2.34. The van der Waals surface area contributed by atoms with Gasteiger partial charge >= 0.3 is 0 Å². The molecule has 0 heterocycles. The quantitative estimate of drug-likeness (QED) is 0.903. The van der Waals surface area contributed by atoms with Crippen LogP contribution in [0.4, 0.5) is 0 Å². The topological polar surface area (TPSA) is 70.0 Å². The molecule has 18 heavy (non-hydrogen) atoms. The van der Waals surface area contributed by atoms with Gasteiger partial charge < -0.3 is 0 Å². The fraction of sp³-hybridized carbons (Fsp3) is 0.462. The maximum atomic E-state index is 12.2. The van der Waals surface area contributed by atoms with Crippen molar-refractivity contribution >= 4 is 10.0 Å². The number of nitrogens with zero attached hydrogens (tertiary/aromatic N) is 1. The molecular formula is C13H16N2O2S. The number of hydrogen-bond acceptors (Lipinski definition) is 3. The molecule has 0 amide bonds. The van der Waals surface area contributed by atoms with Gasteiger partial charge in [0.2, 0.25) is 10.0 Å². The molecule has 0 saturated heterocycles. The summed E-state index contributed by atoms with van der Waals surface area (Å²) in [5.74, 6) is 0.471. The molecule has 1 aliphatic rings. The van der Waals surface area contributed by atoms with Crippen LogP contribution in [0.2, 0.25) is 0 Å². The van der Waals surface area contributed by atoms with Crippen molar-refractivity contribution in [3.05, 3.63) is 29.3 Å². The van der Waals surface area contributed by atoms with E-state index in [1.54, 1.807) is 13.0 Å². The highest BCUT2D eigenvalue weighted by molar-refractivity contribution is 7.89. The van der Waals surface area contributed by atoms with Crippen LogP contribution < -0.4 is 4.72 Å². The highest BCUT2D eigenvalue weighted by atomic mass is 32.2. The molecule has 0 radical (unpaired) electrons. The number of aryl methyl sites for hydroxylation is 1. The van der Waals surface area contributed by atoms with Gasteiger partial charge in [-0.05, 0) is 56.4 Å². The van der Waals surface area contributed by atoms with Crippen LogP contribution in [0.3, 0.4) is 0 Å². The smallest absolute Gasteiger partial charge is 0.208 e. The van der Waals surface area contributed by atoms with Gasteiger partial charge in [0.1, 0.15) is 0 Å². The van der Waals surface area contributed by atoms with Crippen LogP contribution >= 0.6 is 0 Å². The van der Waals surface area contributed by atoms with Crippen molar-refractivity contribution in [2.24, 2.45) is 5.92 Å². The predicted molar refractivity (Wildman–Crippen MR) is 68.4 cm³/mol. The SMILES string of the molecule is Cc1cc(C#N)ccc1S(=O)(=O)NC(C)C1CC1. The van der Waals surface area contributed by atoms with Crippen LogP contribution in [0.5, 0.6) is 0 Å². The van der Waals surface area contributed by atoms with Crippen molar-refractivity contribution in [2.75, 3.05) is 0 Å². The number of hydrogen-bond donors (Lipinski definition) is 1. The molecule has 96 valence electrons. The summed E-state index contributed by atoms with van der Waals surface area (Å²) in [4.78, 5) is 0.258. The van der Waals surface area contributed by atoms with E-state index in [-0.39, 0.29) is 10.9 Å². The standard InChI is InChI=1S/C13H16N2O2S/c1-9-7-11(8-14)3-6-13(9)18(16,17)15-10(2)12-4-5-12/h3,6-7,10,12,15H,4-5H2,1-2H3. The molecule has 1 aromatic rings. The number of nitrogens with one attached hydrogen (secondary N) is 1. The van der Waals surface area contributed by atoms with Crippen molar-refractivity contribution in [1.29, 1.82) is 5.26 Å².